The number of nitrogens with zero attached hydrogens (tertiary/aromatic N) is 2. The molecule has 0 bridgehead atoms. The lowest BCUT2D eigenvalue weighted by molar-refractivity contribution is 0.469. The van der Waals surface area contributed by atoms with Gasteiger partial charge in [0.05, 0.1) is 22.2 Å². The molecule has 0 radical (unpaired) electrons. The van der Waals surface area contributed by atoms with Crippen molar-refractivity contribution in [2.75, 3.05) is 6.54 Å². The van der Waals surface area contributed by atoms with Crippen molar-refractivity contribution in [3.05, 3.63) is 70.0 Å². The summed E-state index contributed by atoms with van der Waals surface area (Å²) < 4.78 is 28.5. The standard InChI is InChI=1S/C20H20ClN5O3S/c1-13-20(29-17-9-15(11-22)8-16(21)10-17)19(26-25-13)12-24-7-6-14-2-4-18(5-3-14)30(23,27)28/h2-5,8-10,24H,6-7,12H2,1H3,(H,25,26)(H2,23,27,28). The Morgan fingerprint density at radius 1 is 1.27 bits per heavy atom. The molecule has 0 fully saturated rings. The molecule has 10 heteroatoms. The zero-order valence-corrected chi connectivity index (χ0v) is 17.7. The van der Waals surface area contributed by atoms with Crippen molar-refractivity contribution >= 4 is 21.6 Å². The van der Waals surface area contributed by atoms with Gasteiger partial charge in [-0.25, -0.2) is 13.6 Å². The molecule has 0 amide bonds. The predicted molar refractivity (Wildman–Crippen MR) is 113 cm³/mol. The van der Waals surface area contributed by atoms with E-state index >= 15 is 0 Å². The number of nitrogens with two attached hydrogens (primary N) is 1. The van der Waals surface area contributed by atoms with E-state index in [1.807, 2.05) is 13.0 Å². The predicted octanol–water partition coefficient (Wildman–Crippen LogP) is 3.02. The van der Waals surface area contributed by atoms with Crippen LogP contribution >= 0.6 is 11.6 Å². The third-order valence-electron chi connectivity index (χ3n) is 4.33. The fraction of sp³-hybridized carbons (Fsp3) is 0.200. The minimum atomic E-state index is -3.68. The molecular weight excluding hydrogens is 426 g/mol. The van der Waals surface area contributed by atoms with Crippen molar-refractivity contribution < 1.29 is 13.2 Å². The Hall–Kier alpha value is -2.90. The van der Waals surface area contributed by atoms with Gasteiger partial charge in [0.25, 0.3) is 0 Å². The van der Waals surface area contributed by atoms with E-state index in [9.17, 15) is 8.42 Å². The number of H-pyrrole nitrogens is 1. The molecule has 4 N–H and O–H groups in total. The molecule has 0 aliphatic rings. The summed E-state index contributed by atoms with van der Waals surface area (Å²) in [5, 5.41) is 25.0. The van der Waals surface area contributed by atoms with Crippen molar-refractivity contribution in [3.63, 3.8) is 0 Å². The van der Waals surface area contributed by atoms with Crippen LogP contribution in [0.3, 0.4) is 0 Å². The topological polar surface area (TPSA) is 134 Å². The van der Waals surface area contributed by atoms with Crippen LogP contribution in [0.4, 0.5) is 0 Å². The zero-order chi connectivity index (χ0) is 21.7. The first-order valence-corrected chi connectivity index (χ1v) is 10.9. The summed E-state index contributed by atoms with van der Waals surface area (Å²) >= 11 is 6.04. The SMILES string of the molecule is Cc1n[nH]c(CNCCc2ccc(S(N)(=O)=O)cc2)c1Oc1cc(Cl)cc(C#N)c1. The molecule has 0 aliphatic heterocycles. The van der Waals surface area contributed by atoms with Gasteiger partial charge >= 0.3 is 0 Å². The summed E-state index contributed by atoms with van der Waals surface area (Å²) in [5.41, 5.74) is 2.83. The van der Waals surface area contributed by atoms with Gasteiger partial charge in [0.15, 0.2) is 5.75 Å². The highest BCUT2D eigenvalue weighted by Gasteiger charge is 2.13. The van der Waals surface area contributed by atoms with E-state index in [0.29, 0.717) is 47.3 Å². The number of rotatable bonds is 8. The highest BCUT2D eigenvalue weighted by Crippen LogP contribution is 2.30. The van der Waals surface area contributed by atoms with Gasteiger partial charge < -0.3 is 10.1 Å². The summed E-state index contributed by atoms with van der Waals surface area (Å²) in [6.07, 6.45) is 0.702. The molecule has 0 spiro atoms. The Morgan fingerprint density at radius 2 is 2.00 bits per heavy atom. The lowest BCUT2D eigenvalue weighted by Gasteiger charge is -2.09. The number of aryl methyl sites for hydroxylation is 1. The van der Waals surface area contributed by atoms with E-state index in [4.69, 9.17) is 26.7 Å². The summed E-state index contributed by atoms with van der Waals surface area (Å²) in [7, 11) is -3.68. The minimum Gasteiger partial charge on any atom is -0.453 e. The monoisotopic (exact) mass is 445 g/mol. The average Bonchev–Trinajstić information content (AvgIpc) is 3.04. The van der Waals surface area contributed by atoms with Gasteiger partial charge in [-0.05, 0) is 55.8 Å². The lowest BCUT2D eigenvalue weighted by atomic mass is 10.1. The van der Waals surface area contributed by atoms with Gasteiger partial charge in [-0.15, -0.1) is 0 Å². The molecular formula is C20H20ClN5O3S. The lowest BCUT2D eigenvalue weighted by Crippen LogP contribution is -2.17. The van der Waals surface area contributed by atoms with Gasteiger partial charge in [-0.1, -0.05) is 23.7 Å². The molecule has 30 heavy (non-hydrogen) atoms. The Kier molecular flexibility index (Phi) is 6.74. The van der Waals surface area contributed by atoms with Gasteiger partial charge in [0.1, 0.15) is 11.4 Å². The van der Waals surface area contributed by atoms with E-state index in [1.165, 1.54) is 12.1 Å². The third kappa shape index (κ3) is 5.58. The van der Waals surface area contributed by atoms with Crippen LogP contribution in [0, 0.1) is 18.3 Å². The van der Waals surface area contributed by atoms with E-state index in [0.717, 1.165) is 11.3 Å². The summed E-state index contributed by atoms with van der Waals surface area (Å²) in [6, 6.07) is 13.3. The van der Waals surface area contributed by atoms with Crippen LogP contribution in [0.1, 0.15) is 22.5 Å². The Morgan fingerprint density at radius 3 is 2.67 bits per heavy atom. The quantitative estimate of drug-likeness (QED) is 0.456. The number of ether oxygens (including phenoxy) is 1. The Balaban J connectivity index is 1.59. The zero-order valence-electron chi connectivity index (χ0n) is 16.1. The van der Waals surface area contributed by atoms with Gasteiger partial charge in [0, 0.05) is 11.6 Å². The highest BCUT2D eigenvalue weighted by molar-refractivity contribution is 7.89. The fourth-order valence-corrected chi connectivity index (χ4v) is 3.56. The summed E-state index contributed by atoms with van der Waals surface area (Å²) in [4.78, 5) is 0.0921. The van der Waals surface area contributed by atoms with Crippen LogP contribution in [0.25, 0.3) is 0 Å². The molecule has 0 atom stereocenters. The number of sulfonamides is 1. The van der Waals surface area contributed by atoms with E-state index in [2.05, 4.69) is 15.5 Å². The van der Waals surface area contributed by atoms with Crippen molar-refractivity contribution in [2.45, 2.75) is 24.8 Å². The smallest absolute Gasteiger partial charge is 0.238 e. The normalized spacial score (nSPS) is 11.3. The van der Waals surface area contributed by atoms with Crippen LogP contribution in [-0.2, 0) is 23.0 Å². The first-order chi connectivity index (χ1) is 14.3. The average molecular weight is 446 g/mol. The molecule has 1 aromatic heterocycles. The maximum atomic E-state index is 11.3. The van der Waals surface area contributed by atoms with Crippen LogP contribution in [0.15, 0.2) is 47.4 Å². The summed E-state index contributed by atoms with van der Waals surface area (Å²) in [5.74, 6) is 1.03. The van der Waals surface area contributed by atoms with Gasteiger partial charge in [0.2, 0.25) is 10.0 Å². The number of nitrogens with one attached hydrogen (secondary N) is 2. The van der Waals surface area contributed by atoms with Crippen molar-refractivity contribution in [1.29, 1.82) is 5.26 Å². The van der Waals surface area contributed by atoms with Gasteiger partial charge in [-0.3, -0.25) is 5.10 Å². The summed E-state index contributed by atoms with van der Waals surface area (Å²) in [6.45, 7) is 2.96. The number of hydrogen-bond acceptors (Lipinski definition) is 6. The maximum Gasteiger partial charge on any atom is 0.238 e. The molecule has 2 aromatic carbocycles. The van der Waals surface area contributed by atoms with Crippen LogP contribution in [-0.4, -0.2) is 25.2 Å². The number of nitriles is 1. The number of benzene rings is 2. The molecule has 8 nitrogen and oxygen atoms in total. The molecule has 0 saturated heterocycles. The highest BCUT2D eigenvalue weighted by atomic mass is 35.5. The molecule has 3 rings (SSSR count). The molecule has 0 aliphatic carbocycles. The molecule has 0 saturated carbocycles. The first-order valence-electron chi connectivity index (χ1n) is 9.01. The molecule has 156 valence electrons. The van der Waals surface area contributed by atoms with Gasteiger partial charge in [-0.2, -0.15) is 10.4 Å². The first kappa shape index (κ1) is 21.8. The van der Waals surface area contributed by atoms with Crippen molar-refractivity contribution in [1.82, 2.24) is 15.5 Å². The number of aromatic amines is 1. The second-order valence-electron chi connectivity index (χ2n) is 6.62. The van der Waals surface area contributed by atoms with E-state index in [1.54, 1.807) is 30.3 Å². The Labute approximate surface area is 179 Å². The van der Waals surface area contributed by atoms with E-state index < -0.39 is 10.0 Å². The maximum absolute atomic E-state index is 11.3. The third-order valence-corrected chi connectivity index (χ3v) is 5.47. The number of halogens is 1. The molecule has 3 aromatic rings. The Bertz CT molecular complexity index is 1180. The second kappa shape index (κ2) is 9.28. The van der Waals surface area contributed by atoms with Crippen LogP contribution in [0.2, 0.25) is 5.02 Å². The van der Waals surface area contributed by atoms with Crippen molar-refractivity contribution in [2.24, 2.45) is 5.14 Å². The molecule has 0 unspecified atom stereocenters. The van der Waals surface area contributed by atoms with E-state index in [-0.39, 0.29) is 4.90 Å². The van der Waals surface area contributed by atoms with Crippen LogP contribution < -0.4 is 15.2 Å². The number of aromatic nitrogens is 2. The number of primary sulfonamides is 1. The fourth-order valence-electron chi connectivity index (χ4n) is 2.82. The van der Waals surface area contributed by atoms with Crippen LogP contribution in [0.5, 0.6) is 11.5 Å². The van der Waals surface area contributed by atoms with Crippen molar-refractivity contribution in [3.8, 4) is 17.6 Å². The minimum absolute atomic E-state index is 0.0921. The second-order valence-corrected chi connectivity index (χ2v) is 8.62. The largest absolute Gasteiger partial charge is 0.453 e. The number of hydrogen-bond donors (Lipinski definition) is 3. The molecule has 1 heterocycles.